The van der Waals surface area contributed by atoms with Crippen LogP contribution in [-0.4, -0.2) is 0 Å². The molecule has 0 saturated heterocycles. The van der Waals surface area contributed by atoms with Crippen LogP contribution in [0, 0.1) is 0 Å². The lowest BCUT2D eigenvalue weighted by molar-refractivity contribution is 0.632. The molecule has 13 heavy (non-hydrogen) atoms. The van der Waals surface area contributed by atoms with E-state index in [4.69, 9.17) is 6.85 Å². The molecular formula is C13H20. The highest BCUT2D eigenvalue weighted by atomic mass is 14.0. The summed E-state index contributed by atoms with van der Waals surface area (Å²) in [5.41, 5.74) is 0.456. The number of hydrogen-bond acceptors (Lipinski definition) is 0. The van der Waals surface area contributed by atoms with Crippen molar-refractivity contribution in [1.29, 1.82) is 0 Å². The van der Waals surface area contributed by atoms with Crippen molar-refractivity contribution < 1.29 is 6.85 Å². The second-order valence-electron chi connectivity index (χ2n) is 3.27. The van der Waals surface area contributed by atoms with E-state index >= 15 is 0 Å². The molecule has 0 saturated carbocycles. The van der Waals surface area contributed by atoms with E-state index in [-0.39, 0.29) is 30.2 Å². The largest absolute Gasteiger partial charge is 0.0654 e. The van der Waals surface area contributed by atoms with Gasteiger partial charge in [-0.2, -0.15) is 0 Å². The molecule has 0 atom stereocenters. The minimum Gasteiger partial charge on any atom is -0.0654 e. The molecule has 0 heteroatoms. The molecule has 1 aromatic rings. The Labute approximate surface area is 89.0 Å². The van der Waals surface area contributed by atoms with E-state index in [1.165, 1.54) is 12.8 Å². The standard InChI is InChI=1S/C13H20/c1-2-3-4-5-7-10-13-11-8-6-9-12-13/h6,8-9,11-12H,2-5,7,10H2,1H3/i6D,8D,9D,11D,12D. The van der Waals surface area contributed by atoms with Gasteiger partial charge in [-0.3, -0.25) is 0 Å². The van der Waals surface area contributed by atoms with E-state index in [2.05, 4.69) is 6.92 Å². The molecule has 72 valence electrons. The van der Waals surface area contributed by atoms with Crippen LogP contribution in [0.4, 0.5) is 0 Å². The topological polar surface area (TPSA) is 0 Å². The fourth-order valence-corrected chi connectivity index (χ4v) is 1.31. The van der Waals surface area contributed by atoms with Crippen LogP contribution in [0.3, 0.4) is 0 Å². The molecule has 1 rings (SSSR count). The van der Waals surface area contributed by atoms with E-state index in [0.717, 1.165) is 19.3 Å². The molecule has 0 nitrogen and oxygen atoms in total. The molecule has 0 radical (unpaired) electrons. The van der Waals surface area contributed by atoms with Gasteiger partial charge in [-0.1, -0.05) is 62.8 Å². The quantitative estimate of drug-likeness (QED) is 0.577. The van der Waals surface area contributed by atoms with Gasteiger partial charge in [0.05, 0.1) is 6.85 Å². The number of hydrogen-bond donors (Lipinski definition) is 0. The monoisotopic (exact) mass is 181 g/mol. The molecule has 0 spiro atoms. The van der Waals surface area contributed by atoms with Crippen molar-refractivity contribution in [3.05, 3.63) is 35.8 Å². The van der Waals surface area contributed by atoms with Gasteiger partial charge in [0.2, 0.25) is 0 Å². The van der Waals surface area contributed by atoms with Gasteiger partial charge in [0.15, 0.2) is 0 Å². The zero-order valence-electron chi connectivity index (χ0n) is 13.2. The minimum atomic E-state index is -0.306. The van der Waals surface area contributed by atoms with Gasteiger partial charge >= 0.3 is 0 Å². The maximum absolute atomic E-state index is 7.78. The fraction of sp³-hybridized carbons (Fsp3) is 0.538. The first-order chi connectivity index (χ1) is 8.50. The van der Waals surface area contributed by atoms with Crippen molar-refractivity contribution in [2.24, 2.45) is 0 Å². The van der Waals surface area contributed by atoms with Crippen molar-refractivity contribution in [3.63, 3.8) is 0 Å². The summed E-state index contributed by atoms with van der Waals surface area (Å²) >= 11 is 0. The summed E-state index contributed by atoms with van der Waals surface area (Å²) in [6, 6.07) is -0.841. The van der Waals surface area contributed by atoms with Crippen LogP contribution in [0.25, 0.3) is 0 Å². The predicted octanol–water partition coefficient (Wildman–Crippen LogP) is 4.20. The molecule has 0 unspecified atom stereocenters. The first kappa shape index (κ1) is 5.19. The Bertz CT molecular complexity index is 385. The molecule has 1 aromatic carbocycles. The molecule has 0 aliphatic heterocycles. The van der Waals surface area contributed by atoms with Gasteiger partial charge in [-0.25, -0.2) is 0 Å². The van der Waals surface area contributed by atoms with Crippen molar-refractivity contribution >= 4 is 0 Å². The number of rotatable bonds is 6. The minimum absolute atomic E-state index is 0.0449. The van der Waals surface area contributed by atoms with Gasteiger partial charge in [0, 0.05) is 0 Å². The molecule has 0 heterocycles. The van der Waals surface area contributed by atoms with E-state index in [1.54, 1.807) is 0 Å². The van der Waals surface area contributed by atoms with Crippen molar-refractivity contribution in [2.75, 3.05) is 0 Å². The average Bonchev–Trinajstić information content (AvgIpc) is 2.37. The highest BCUT2D eigenvalue weighted by molar-refractivity contribution is 5.14. The smallest absolute Gasteiger partial charge is 0.0626 e. The van der Waals surface area contributed by atoms with Crippen molar-refractivity contribution in [2.45, 2.75) is 45.4 Å². The van der Waals surface area contributed by atoms with Crippen LogP contribution in [0.5, 0.6) is 0 Å². The summed E-state index contributed by atoms with van der Waals surface area (Å²) in [5, 5.41) is 0. The van der Waals surface area contributed by atoms with Crippen LogP contribution in [-0.2, 0) is 6.42 Å². The maximum atomic E-state index is 7.78. The summed E-state index contributed by atoms with van der Waals surface area (Å²) in [4.78, 5) is 0. The summed E-state index contributed by atoms with van der Waals surface area (Å²) in [6.07, 6.45) is 6.02. The van der Waals surface area contributed by atoms with Crippen molar-refractivity contribution in [1.82, 2.24) is 0 Å². The van der Waals surface area contributed by atoms with Crippen LogP contribution < -0.4 is 0 Å². The zero-order chi connectivity index (χ0) is 13.7. The predicted molar refractivity (Wildman–Crippen MR) is 58.9 cm³/mol. The first-order valence-corrected chi connectivity index (χ1v) is 5.06. The Hall–Kier alpha value is -0.780. The van der Waals surface area contributed by atoms with Crippen LogP contribution >= 0.6 is 0 Å². The zero-order valence-corrected chi connectivity index (χ0v) is 8.24. The van der Waals surface area contributed by atoms with Gasteiger partial charge < -0.3 is 0 Å². The lowest BCUT2D eigenvalue weighted by Gasteiger charge is -2.00. The first-order valence-electron chi connectivity index (χ1n) is 7.56. The molecule has 0 aromatic heterocycles. The second kappa shape index (κ2) is 6.71. The highest BCUT2D eigenvalue weighted by Crippen LogP contribution is 2.08. The van der Waals surface area contributed by atoms with E-state index in [9.17, 15) is 0 Å². The van der Waals surface area contributed by atoms with E-state index in [1.807, 2.05) is 0 Å². The van der Waals surface area contributed by atoms with E-state index < -0.39 is 0 Å². The molecule has 0 N–H and O–H groups in total. The molecule has 0 bridgehead atoms. The van der Waals surface area contributed by atoms with Crippen LogP contribution in [0.15, 0.2) is 30.2 Å². The normalized spacial score (nSPS) is 15.6. The average molecular weight is 181 g/mol. The molecule has 0 fully saturated rings. The van der Waals surface area contributed by atoms with Gasteiger partial charge in [0.25, 0.3) is 0 Å². The fourth-order valence-electron chi connectivity index (χ4n) is 1.31. The lowest BCUT2D eigenvalue weighted by Crippen LogP contribution is -1.84. The van der Waals surface area contributed by atoms with E-state index in [0.29, 0.717) is 12.0 Å². The third-order valence-electron chi connectivity index (χ3n) is 2.08. The van der Waals surface area contributed by atoms with Gasteiger partial charge in [0.1, 0.15) is 0 Å². The Kier molecular flexibility index (Phi) is 2.68. The second-order valence-corrected chi connectivity index (χ2v) is 3.27. The Morgan fingerprint density at radius 2 is 1.69 bits per heavy atom. The highest BCUT2D eigenvalue weighted by Gasteiger charge is 1.91. The van der Waals surface area contributed by atoms with Crippen LogP contribution in [0.1, 0.15) is 51.4 Å². The van der Waals surface area contributed by atoms with Crippen LogP contribution in [0.2, 0.25) is 0 Å². The number of unbranched alkanes of at least 4 members (excludes halogenated alkanes) is 4. The summed E-state index contributed by atoms with van der Waals surface area (Å²) in [7, 11) is 0. The molecule has 0 aliphatic carbocycles. The molecule has 0 amide bonds. The Morgan fingerprint density at radius 1 is 1.00 bits per heavy atom. The number of benzene rings is 1. The summed E-state index contributed by atoms with van der Waals surface area (Å²) < 4.78 is 38.2. The Balaban J connectivity index is 2.77. The lowest BCUT2D eigenvalue weighted by atomic mass is 10.1. The third-order valence-corrected chi connectivity index (χ3v) is 2.08. The Morgan fingerprint density at radius 3 is 2.38 bits per heavy atom. The molecule has 0 aliphatic rings. The molecular weight excluding hydrogens is 156 g/mol. The third kappa shape index (κ3) is 4.72. The summed E-state index contributed by atoms with van der Waals surface area (Å²) in [6.45, 7) is 2.15. The SMILES string of the molecule is [2H]c1c([2H])c([2H])c(CCCCCCC)c([2H])c1[2H]. The summed E-state index contributed by atoms with van der Waals surface area (Å²) in [5.74, 6) is 0. The van der Waals surface area contributed by atoms with Gasteiger partial charge in [-0.05, 0) is 18.4 Å². The maximum Gasteiger partial charge on any atom is 0.0626 e. The van der Waals surface area contributed by atoms with Crippen molar-refractivity contribution in [3.8, 4) is 0 Å². The van der Waals surface area contributed by atoms with Gasteiger partial charge in [-0.15, -0.1) is 0 Å².